The molecular weight excluding hydrogens is 186 g/mol. The van der Waals surface area contributed by atoms with Crippen LogP contribution in [0.25, 0.3) is 0 Å². The summed E-state index contributed by atoms with van der Waals surface area (Å²) >= 11 is 0. The monoisotopic (exact) mass is 209 g/mol. The van der Waals surface area contributed by atoms with Gasteiger partial charge in [-0.15, -0.1) is 0 Å². The van der Waals surface area contributed by atoms with Gasteiger partial charge in [0.15, 0.2) is 0 Å². The first-order chi connectivity index (χ1) is 7.24. The molecule has 0 aromatic heterocycles. The summed E-state index contributed by atoms with van der Waals surface area (Å²) in [6.07, 6.45) is 11.0. The summed E-state index contributed by atoms with van der Waals surface area (Å²) < 4.78 is 0. The Hall–Kier alpha value is -0.530. The molecule has 15 heavy (non-hydrogen) atoms. The molecule has 0 aliphatic heterocycles. The molecule has 2 unspecified atom stereocenters. The maximum atomic E-state index is 10.9. The Bertz CT molecular complexity index is 221. The Morgan fingerprint density at radius 2 is 1.87 bits per heavy atom. The van der Waals surface area contributed by atoms with Gasteiger partial charge in [0.1, 0.15) is 0 Å². The SMILES string of the molecule is CC(=O)NC1CCC(CC2CCCC2)C1. The fraction of sp³-hybridized carbons (Fsp3) is 0.923. The summed E-state index contributed by atoms with van der Waals surface area (Å²) in [5, 5.41) is 3.06. The Labute approximate surface area is 92.8 Å². The molecule has 0 spiro atoms. The van der Waals surface area contributed by atoms with Crippen LogP contribution >= 0.6 is 0 Å². The van der Waals surface area contributed by atoms with Gasteiger partial charge in [0.2, 0.25) is 5.91 Å². The van der Waals surface area contributed by atoms with Crippen LogP contribution in [0.15, 0.2) is 0 Å². The highest BCUT2D eigenvalue weighted by Gasteiger charge is 2.28. The molecule has 0 bridgehead atoms. The van der Waals surface area contributed by atoms with E-state index in [9.17, 15) is 4.79 Å². The summed E-state index contributed by atoms with van der Waals surface area (Å²) in [7, 11) is 0. The lowest BCUT2D eigenvalue weighted by molar-refractivity contribution is -0.119. The molecule has 0 saturated heterocycles. The minimum absolute atomic E-state index is 0.140. The van der Waals surface area contributed by atoms with Gasteiger partial charge < -0.3 is 5.32 Å². The van der Waals surface area contributed by atoms with Gasteiger partial charge in [-0.25, -0.2) is 0 Å². The van der Waals surface area contributed by atoms with Gasteiger partial charge >= 0.3 is 0 Å². The van der Waals surface area contributed by atoms with Crippen LogP contribution in [0.3, 0.4) is 0 Å². The van der Waals surface area contributed by atoms with E-state index in [-0.39, 0.29) is 5.91 Å². The van der Waals surface area contributed by atoms with Crippen molar-refractivity contribution in [3.63, 3.8) is 0 Å². The van der Waals surface area contributed by atoms with E-state index >= 15 is 0 Å². The highest BCUT2D eigenvalue weighted by Crippen LogP contribution is 2.36. The minimum atomic E-state index is 0.140. The van der Waals surface area contributed by atoms with Crippen LogP contribution in [0.1, 0.15) is 58.3 Å². The van der Waals surface area contributed by atoms with E-state index in [2.05, 4.69) is 5.32 Å². The lowest BCUT2D eigenvalue weighted by atomic mass is 9.92. The second-order valence-electron chi connectivity index (χ2n) is 5.46. The third kappa shape index (κ3) is 3.22. The topological polar surface area (TPSA) is 29.1 Å². The molecule has 2 aliphatic rings. The highest BCUT2D eigenvalue weighted by atomic mass is 16.1. The van der Waals surface area contributed by atoms with Crippen LogP contribution in [0.2, 0.25) is 0 Å². The van der Waals surface area contributed by atoms with Crippen LogP contribution < -0.4 is 5.32 Å². The van der Waals surface area contributed by atoms with E-state index in [1.807, 2.05) is 0 Å². The normalized spacial score (nSPS) is 32.1. The largest absolute Gasteiger partial charge is 0.354 e. The van der Waals surface area contributed by atoms with Crippen molar-refractivity contribution >= 4 is 5.91 Å². The molecule has 1 N–H and O–H groups in total. The van der Waals surface area contributed by atoms with Gasteiger partial charge in [-0.05, 0) is 37.5 Å². The molecule has 2 aliphatic carbocycles. The number of hydrogen-bond donors (Lipinski definition) is 1. The van der Waals surface area contributed by atoms with Crippen molar-refractivity contribution in [2.75, 3.05) is 0 Å². The fourth-order valence-electron chi connectivity index (χ4n) is 3.43. The smallest absolute Gasteiger partial charge is 0.217 e. The maximum Gasteiger partial charge on any atom is 0.217 e. The molecule has 2 heteroatoms. The number of carbonyl (C=O) groups is 1. The maximum absolute atomic E-state index is 10.9. The Morgan fingerprint density at radius 3 is 2.53 bits per heavy atom. The molecule has 2 nitrogen and oxygen atoms in total. The molecule has 0 radical (unpaired) electrons. The van der Waals surface area contributed by atoms with E-state index in [1.54, 1.807) is 6.92 Å². The molecule has 2 saturated carbocycles. The lowest BCUT2D eigenvalue weighted by Gasteiger charge is -2.15. The zero-order chi connectivity index (χ0) is 10.7. The first-order valence-corrected chi connectivity index (χ1v) is 6.51. The van der Waals surface area contributed by atoms with Gasteiger partial charge in [0.05, 0.1) is 0 Å². The summed E-state index contributed by atoms with van der Waals surface area (Å²) in [4.78, 5) is 10.9. The molecule has 2 fully saturated rings. The van der Waals surface area contributed by atoms with Crippen molar-refractivity contribution < 1.29 is 4.79 Å². The quantitative estimate of drug-likeness (QED) is 0.761. The van der Waals surface area contributed by atoms with E-state index in [0.717, 1.165) is 11.8 Å². The first-order valence-electron chi connectivity index (χ1n) is 6.51. The molecule has 0 heterocycles. The second-order valence-corrected chi connectivity index (χ2v) is 5.46. The van der Waals surface area contributed by atoms with Gasteiger partial charge in [-0.2, -0.15) is 0 Å². The van der Waals surface area contributed by atoms with Crippen molar-refractivity contribution in [3.05, 3.63) is 0 Å². The van der Waals surface area contributed by atoms with Crippen LogP contribution in [0.5, 0.6) is 0 Å². The third-order valence-corrected chi connectivity index (χ3v) is 4.09. The molecule has 1 amide bonds. The van der Waals surface area contributed by atoms with Crippen molar-refractivity contribution in [1.29, 1.82) is 0 Å². The van der Waals surface area contributed by atoms with Crippen LogP contribution in [0.4, 0.5) is 0 Å². The number of amides is 1. The van der Waals surface area contributed by atoms with E-state index in [1.165, 1.54) is 51.4 Å². The molecule has 86 valence electrons. The van der Waals surface area contributed by atoms with Crippen molar-refractivity contribution in [3.8, 4) is 0 Å². The Balaban J connectivity index is 1.70. The number of rotatable bonds is 3. The standard InChI is InChI=1S/C13H23NO/c1-10(15)14-13-7-6-12(9-13)8-11-4-2-3-5-11/h11-13H,2-9H2,1H3,(H,14,15). The predicted molar refractivity (Wildman–Crippen MR) is 61.5 cm³/mol. The van der Waals surface area contributed by atoms with Crippen molar-refractivity contribution in [1.82, 2.24) is 5.32 Å². The number of hydrogen-bond acceptors (Lipinski definition) is 1. The van der Waals surface area contributed by atoms with Crippen molar-refractivity contribution in [2.45, 2.75) is 64.3 Å². The van der Waals surface area contributed by atoms with E-state index < -0.39 is 0 Å². The minimum Gasteiger partial charge on any atom is -0.354 e. The summed E-state index contributed by atoms with van der Waals surface area (Å²) in [5.41, 5.74) is 0. The van der Waals surface area contributed by atoms with Gasteiger partial charge in [0, 0.05) is 13.0 Å². The average Bonchev–Trinajstić information content (AvgIpc) is 2.77. The average molecular weight is 209 g/mol. The van der Waals surface area contributed by atoms with Gasteiger partial charge in [0.25, 0.3) is 0 Å². The molecular formula is C13H23NO. The molecule has 2 atom stereocenters. The number of nitrogens with one attached hydrogen (secondary N) is 1. The van der Waals surface area contributed by atoms with E-state index in [4.69, 9.17) is 0 Å². The zero-order valence-corrected chi connectivity index (χ0v) is 9.80. The number of carbonyl (C=O) groups excluding carboxylic acids is 1. The summed E-state index contributed by atoms with van der Waals surface area (Å²) in [6, 6.07) is 0.480. The summed E-state index contributed by atoms with van der Waals surface area (Å²) in [6.45, 7) is 1.63. The van der Waals surface area contributed by atoms with Crippen molar-refractivity contribution in [2.24, 2.45) is 11.8 Å². The third-order valence-electron chi connectivity index (χ3n) is 4.09. The highest BCUT2D eigenvalue weighted by molar-refractivity contribution is 5.73. The summed E-state index contributed by atoms with van der Waals surface area (Å²) in [5.74, 6) is 2.04. The lowest BCUT2D eigenvalue weighted by Crippen LogP contribution is -2.30. The first kappa shape index (κ1) is 11.0. The molecule has 0 aromatic carbocycles. The fourth-order valence-corrected chi connectivity index (χ4v) is 3.43. The van der Waals surface area contributed by atoms with Gasteiger partial charge in [-0.3, -0.25) is 4.79 Å². The van der Waals surface area contributed by atoms with Crippen LogP contribution in [0, 0.1) is 11.8 Å². The molecule has 2 rings (SSSR count). The molecule has 0 aromatic rings. The van der Waals surface area contributed by atoms with Crippen LogP contribution in [-0.4, -0.2) is 11.9 Å². The zero-order valence-electron chi connectivity index (χ0n) is 9.80. The Kier molecular flexibility index (Phi) is 3.66. The van der Waals surface area contributed by atoms with Gasteiger partial charge in [-0.1, -0.05) is 25.7 Å². The van der Waals surface area contributed by atoms with E-state index in [0.29, 0.717) is 6.04 Å². The van der Waals surface area contributed by atoms with Crippen LogP contribution in [-0.2, 0) is 4.79 Å². The predicted octanol–water partition coefficient (Wildman–Crippen LogP) is 2.87. The Morgan fingerprint density at radius 1 is 1.13 bits per heavy atom. The second kappa shape index (κ2) is 5.00.